The number of hydrogen-bond acceptors (Lipinski definition) is 2. The van der Waals surface area contributed by atoms with Gasteiger partial charge in [0.05, 0.1) is 5.02 Å². The lowest BCUT2D eigenvalue weighted by Crippen LogP contribution is -2.31. The Kier molecular flexibility index (Phi) is 3.89. The molecule has 0 spiro atoms. The van der Waals surface area contributed by atoms with Crippen LogP contribution in [0.1, 0.15) is 24.3 Å². The van der Waals surface area contributed by atoms with Gasteiger partial charge in [0.25, 0.3) is 5.91 Å². The first kappa shape index (κ1) is 11.0. The minimum absolute atomic E-state index is 0.0494. The summed E-state index contributed by atoms with van der Waals surface area (Å²) in [4.78, 5) is 17.4. The third kappa shape index (κ3) is 2.45. The third-order valence-corrected chi connectivity index (χ3v) is 2.22. The monoisotopic (exact) mass is 212 g/mol. The summed E-state index contributed by atoms with van der Waals surface area (Å²) >= 11 is 5.68. The fraction of sp³-hybridized carbons (Fsp3) is 0.400. The van der Waals surface area contributed by atoms with E-state index in [4.69, 9.17) is 11.6 Å². The molecule has 4 heteroatoms. The maximum atomic E-state index is 11.7. The first-order valence-corrected chi connectivity index (χ1v) is 4.97. The first-order valence-electron chi connectivity index (χ1n) is 4.59. The van der Waals surface area contributed by atoms with E-state index in [0.717, 1.165) is 0 Å². The third-order valence-electron chi connectivity index (χ3n) is 2.00. The molecule has 0 radical (unpaired) electrons. The topological polar surface area (TPSA) is 33.2 Å². The van der Waals surface area contributed by atoms with Crippen molar-refractivity contribution in [3.63, 3.8) is 0 Å². The molecule has 0 unspecified atom stereocenters. The molecule has 0 bridgehead atoms. The second-order valence-corrected chi connectivity index (χ2v) is 3.28. The normalized spacial score (nSPS) is 9.93. The van der Waals surface area contributed by atoms with Crippen LogP contribution in [0, 0.1) is 0 Å². The molecular formula is C10H13ClN2O. The van der Waals surface area contributed by atoms with Gasteiger partial charge in [-0.15, -0.1) is 0 Å². The van der Waals surface area contributed by atoms with Crippen molar-refractivity contribution in [3.05, 3.63) is 29.0 Å². The predicted molar refractivity (Wildman–Crippen MR) is 56.5 cm³/mol. The zero-order valence-corrected chi connectivity index (χ0v) is 9.08. The number of pyridine rings is 1. The molecule has 0 aliphatic heterocycles. The van der Waals surface area contributed by atoms with Gasteiger partial charge in [-0.3, -0.25) is 4.79 Å². The van der Waals surface area contributed by atoms with Gasteiger partial charge in [0.1, 0.15) is 5.69 Å². The average molecular weight is 213 g/mol. The van der Waals surface area contributed by atoms with Crippen LogP contribution in [0.4, 0.5) is 0 Å². The van der Waals surface area contributed by atoms with Crippen LogP contribution in [0.15, 0.2) is 18.3 Å². The number of halogens is 1. The van der Waals surface area contributed by atoms with E-state index in [-0.39, 0.29) is 5.91 Å². The maximum absolute atomic E-state index is 11.7. The van der Waals surface area contributed by atoms with Crippen molar-refractivity contribution in [3.8, 4) is 0 Å². The molecule has 0 saturated heterocycles. The van der Waals surface area contributed by atoms with E-state index in [0.29, 0.717) is 23.8 Å². The Labute approximate surface area is 88.7 Å². The highest BCUT2D eigenvalue weighted by atomic mass is 35.5. The second kappa shape index (κ2) is 4.96. The summed E-state index contributed by atoms with van der Waals surface area (Å²) in [7, 11) is 0. The van der Waals surface area contributed by atoms with Crippen molar-refractivity contribution in [1.82, 2.24) is 9.88 Å². The zero-order chi connectivity index (χ0) is 10.6. The average Bonchev–Trinajstić information content (AvgIpc) is 2.20. The number of carbonyl (C=O) groups is 1. The molecule has 0 N–H and O–H groups in total. The molecule has 0 aliphatic carbocycles. The van der Waals surface area contributed by atoms with E-state index in [1.165, 1.54) is 6.20 Å². The second-order valence-electron chi connectivity index (χ2n) is 2.84. The smallest absolute Gasteiger partial charge is 0.272 e. The molecule has 3 nitrogen and oxygen atoms in total. The molecule has 0 atom stereocenters. The van der Waals surface area contributed by atoms with Gasteiger partial charge in [0.2, 0.25) is 0 Å². The number of carbonyl (C=O) groups excluding carboxylic acids is 1. The molecular weight excluding hydrogens is 200 g/mol. The van der Waals surface area contributed by atoms with Crippen LogP contribution in [0.2, 0.25) is 5.02 Å². The fourth-order valence-corrected chi connectivity index (χ4v) is 1.29. The highest BCUT2D eigenvalue weighted by molar-refractivity contribution is 6.30. The Morgan fingerprint density at radius 1 is 1.43 bits per heavy atom. The maximum Gasteiger partial charge on any atom is 0.272 e. The molecule has 14 heavy (non-hydrogen) atoms. The molecule has 0 aliphatic rings. The fourth-order valence-electron chi connectivity index (χ4n) is 1.18. The molecule has 0 aromatic carbocycles. The van der Waals surface area contributed by atoms with E-state index in [1.807, 2.05) is 13.8 Å². The van der Waals surface area contributed by atoms with Gasteiger partial charge in [-0.2, -0.15) is 0 Å². The molecule has 0 fully saturated rings. The Balaban J connectivity index is 2.83. The SMILES string of the molecule is CCN(CC)C(=O)c1ccc(Cl)cn1. The van der Waals surface area contributed by atoms with Crippen LogP contribution in [-0.4, -0.2) is 28.9 Å². The minimum Gasteiger partial charge on any atom is -0.338 e. The molecule has 1 amide bonds. The van der Waals surface area contributed by atoms with Crippen molar-refractivity contribution in [2.45, 2.75) is 13.8 Å². The summed E-state index contributed by atoms with van der Waals surface area (Å²) in [6.07, 6.45) is 1.48. The summed E-state index contributed by atoms with van der Waals surface area (Å²) in [5.41, 5.74) is 0.443. The molecule has 1 heterocycles. The molecule has 76 valence electrons. The van der Waals surface area contributed by atoms with Gasteiger partial charge in [-0.1, -0.05) is 11.6 Å². The van der Waals surface area contributed by atoms with Crippen molar-refractivity contribution in [2.75, 3.05) is 13.1 Å². The zero-order valence-electron chi connectivity index (χ0n) is 8.33. The Morgan fingerprint density at radius 3 is 2.50 bits per heavy atom. The van der Waals surface area contributed by atoms with Crippen molar-refractivity contribution >= 4 is 17.5 Å². The number of rotatable bonds is 3. The lowest BCUT2D eigenvalue weighted by atomic mass is 10.3. The van der Waals surface area contributed by atoms with E-state index in [1.54, 1.807) is 17.0 Å². The van der Waals surface area contributed by atoms with Crippen molar-refractivity contribution in [2.24, 2.45) is 0 Å². The van der Waals surface area contributed by atoms with Crippen LogP contribution >= 0.6 is 11.6 Å². The summed E-state index contributed by atoms with van der Waals surface area (Å²) in [6, 6.07) is 3.31. The predicted octanol–water partition coefficient (Wildman–Crippen LogP) is 2.22. The van der Waals surface area contributed by atoms with Gasteiger partial charge in [-0.25, -0.2) is 4.98 Å². The quantitative estimate of drug-likeness (QED) is 0.770. The summed E-state index contributed by atoms with van der Waals surface area (Å²) in [5, 5.41) is 0.543. The van der Waals surface area contributed by atoms with Crippen LogP contribution in [0.25, 0.3) is 0 Å². The largest absolute Gasteiger partial charge is 0.338 e. The van der Waals surface area contributed by atoms with Crippen LogP contribution in [0.5, 0.6) is 0 Å². The van der Waals surface area contributed by atoms with E-state index >= 15 is 0 Å². The van der Waals surface area contributed by atoms with Crippen molar-refractivity contribution < 1.29 is 4.79 Å². The van der Waals surface area contributed by atoms with Crippen LogP contribution in [-0.2, 0) is 0 Å². The van der Waals surface area contributed by atoms with Crippen LogP contribution in [0.3, 0.4) is 0 Å². The van der Waals surface area contributed by atoms with Gasteiger partial charge < -0.3 is 4.90 Å². The highest BCUT2D eigenvalue weighted by Crippen LogP contribution is 2.08. The summed E-state index contributed by atoms with van der Waals surface area (Å²) in [5.74, 6) is -0.0494. The first-order chi connectivity index (χ1) is 6.69. The summed E-state index contributed by atoms with van der Waals surface area (Å²) < 4.78 is 0. The van der Waals surface area contributed by atoms with E-state index in [2.05, 4.69) is 4.98 Å². The van der Waals surface area contributed by atoms with Gasteiger partial charge in [0, 0.05) is 19.3 Å². The van der Waals surface area contributed by atoms with Gasteiger partial charge in [0.15, 0.2) is 0 Å². The molecule has 1 aromatic heterocycles. The number of amides is 1. The highest BCUT2D eigenvalue weighted by Gasteiger charge is 2.12. The van der Waals surface area contributed by atoms with E-state index in [9.17, 15) is 4.79 Å². The standard InChI is InChI=1S/C10H13ClN2O/c1-3-13(4-2)10(14)9-6-5-8(11)7-12-9/h5-7H,3-4H2,1-2H3. The Hall–Kier alpha value is -1.09. The Morgan fingerprint density at radius 2 is 2.07 bits per heavy atom. The minimum atomic E-state index is -0.0494. The molecule has 1 aromatic rings. The summed E-state index contributed by atoms with van der Waals surface area (Å²) in [6.45, 7) is 5.27. The van der Waals surface area contributed by atoms with Crippen molar-refractivity contribution in [1.29, 1.82) is 0 Å². The number of aromatic nitrogens is 1. The molecule has 1 rings (SSSR count). The lowest BCUT2D eigenvalue weighted by molar-refractivity contribution is 0.0767. The lowest BCUT2D eigenvalue weighted by Gasteiger charge is -2.17. The van der Waals surface area contributed by atoms with Gasteiger partial charge in [-0.05, 0) is 26.0 Å². The number of nitrogens with zero attached hydrogens (tertiary/aromatic N) is 2. The van der Waals surface area contributed by atoms with E-state index < -0.39 is 0 Å². The Bertz CT molecular complexity index is 306. The van der Waals surface area contributed by atoms with Gasteiger partial charge >= 0.3 is 0 Å². The molecule has 0 saturated carbocycles. The van der Waals surface area contributed by atoms with Crippen LogP contribution < -0.4 is 0 Å². The number of hydrogen-bond donors (Lipinski definition) is 0.